The fourth-order valence-corrected chi connectivity index (χ4v) is 7.50. The van der Waals surface area contributed by atoms with Crippen molar-refractivity contribution in [3.63, 3.8) is 0 Å². The van der Waals surface area contributed by atoms with Crippen LogP contribution in [0.1, 0.15) is 18.7 Å². The summed E-state index contributed by atoms with van der Waals surface area (Å²) in [6.07, 6.45) is -9.67. The van der Waals surface area contributed by atoms with Crippen molar-refractivity contribution >= 4 is 33.5 Å². The van der Waals surface area contributed by atoms with Gasteiger partial charge in [0.1, 0.15) is 53.3 Å². The zero-order chi connectivity index (χ0) is 42.6. The standard InChI is InChI=1S/C46H39N3O11/c1-21(32-34(50)38(54)42(58)39(55)35(32)51)48-46(49-45(47)33-36(52)40(56)43(59)41(57)37(33)53)30-9-5-8-29-28-19-18-27(20-31(28)60-44(29)30)26-16-14-25(15-17-26)24-12-10-23(11-13-24)22-6-3-2-4-7-22/h2-20,36,38,40,42,46,50-59H,1H3,(H2,47,49)/b48-21+. The van der Waals surface area contributed by atoms with Crippen LogP contribution in [0, 0.1) is 5.41 Å². The van der Waals surface area contributed by atoms with Crippen LogP contribution in [0.3, 0.4) is 0 Å². The lowest BCUT2D eigenvalue weighted by atomic mass is 9.93. The number of aliphatic imine (C=N–C) groups is 1. The Balaban J connectivity index is 1.17. The summed E-state index contributed by atoms with van der Waals surface area (Å²) in [6.45, 7) is 1.30. The minimum atomic E-state index is -2.10. The van der Waals surface area contributed by atoms with Gasteiger partial charge in [0, 0.05) is 22.0 Å². The Morgan fingerprint density at radius 2 is 1.08 bits per heavy atom. The van der Waals surface area contributed by atoms with Crippen LogP contribution in [0.15, 0.2) is 170 Å². The predicted molar refractivity (Wildman–Crippen MR) is 225 cm³/mol. The molecule has 0 saturated carbocycles. The first-order valence-corrected chi connectivity index (χ1v) is 18.7. The minimum absolute atomic E-state index is 0.221. The molecule has 1 aromatic heterocycles. The summed E-state index contributed by atoms with van der Waals surface area (Å²) in [6, 6.07) is 37.4. The molecule has 60 heavy (non-hydrogen) atoms. The van der Waals surface area contributed by atoms with E-state index in [2.05, 4.69) is 46.7 Å². The number of nitrogens with zero attached hydrogens (tertiary/aromatic N) is 1. The molecule has 0 aliphatic heterocycles. The number of rotatable bonds is 8. The molecule has 0 amide bonds. The Morgan fingerprint density at radius 3 is 1.70 bits per heavy atom. The summed E-state index contributed by atoms with van der Waals surface area (Å²) in [5.74, 6) is -7.05. The molecule has 0 fully saturated rings. The second-order valence-corrected chi connectivity index (χ2v) is 14.5. The molecule has 0 saturated heterocycles. The molecular weight excluding hydrogens is 771 g/mol. The number of aliphatic hydroxyl groups excluding tert-OH is 10. The highest BCUT2D eigenvalue weighted by atomic mass is 16.4. The van der Waals surface area contributed by atoms with Crippen molar-refractivity contribution in [2.24, 2.45) is 4.99 Å². The predicted octanol–water partition coefficient (Wildman–Crippen LogP) is 7.36. The lowest BCUT2D eigenvalue weighted by Gasteiger charge is -2.29. The van der Waals surface area contributed by atoms with Crippen LogP contribution in [0.5, 0.6) is 0 Å². The van der Waals surface area contributed by atoms with E-state index in [0.29, 0.717) is 16.4 Å². The number of hydrogen-bond donors (Lipinski definition) is 12. The Hall–Kier alpha value is -7.36. The summed E-state index contributed by atoms with van der Waals surface area (Å²) in [5, 5.41) is 117. The van der Waals surface area contributed by atoms with E-state index < -0.39 is 82.1 Å². The van der Waals surface area contributed by atoms with Crippen LogP contribution in [-0.4, -0.2) is 87.0 Å². The van der Waals surface area contributed by atoms with E-state index in [0.717, 1.165) is 33.4 Å². The quantitative estimate of drug-likeness (QED) is 0.0531. The first-order chi connectivity index (χ1) is 28.7. The zero-order valence-electron chi connectivity index (χ0n) is 31.7. The molecule has 0 bridgehead atoms. The molecule has 5 aromatic carbocycles. The second-order valence-electron chi connectivity index (χ2n) is 14.5. The molecule has 304 valence electrons. The van der Waals surface area contributed by atoms with Gasteiger partial charge >= 0.3 is 0 Å². The van der Waals surface area contributed by atoms with Crippen LogP contribution in [0.25, 0.3) is 55.3 Å². The summed E-state index contributed by atoms with van der Waals surface area (Å²) >= 11 is 0. The largest absolute Gasteiger partial charge is 0.509 e. The number of hydrogen-bond acceptors (Lipinski definition) is 13. The number of amidine groups is 1. The van der Waals surface area contributed by atoms with E-state index in [1.807, 2.05) is 60.7 Å². The van der Waals surface area contributed by atoms with Crippen molar-refractivity contribution in [2.45, 2.75) is 37.5 Å². The van der Waals surface area contributed by atoms with Gasteiger partial charge in [-0.2, -0.15) is 0 Å². The van der Waals surface area contributed by atoms with Crippen molar-refractivity contribution in [3.05, 3.63) is 167 Å². The second kappa shape index (κ2) is 15.4. The molecule has 2 aliphatic rings. The number of fused-ring (bicyclic) bond motifs is 3. The highest BCUT2D eigenvalue weighted by molar-refractivity contribution is 6.08. The van der Waals surface area contributed by atoms with E-state index >= 15 is 0 Å². The highest BCUT2D eigenvalue weighted by Gasteiger charge is 2.40. The van der Waals surface area contributed by atoms with E-state index in [-0.39, 0.29) is 16.9 Å². The van der Waals surface area contributed by atoms with E-state index in [9.17, 15) is 51.1 Å². The monoisotopic (exact) mass is 809 g/mol. The van der Waals surface area contributed by atoms with Crippen molar-refractivity contribution in [1.29, 1.82) is 5.41 Å². The third kappa shape index (κ3) is 6.78. The van der Waals surface area contributed by atoms with E-state index in [1.54, 1.807) is 18.2 Å². The molecule has 6 aromatic rings. The molecule has 8 rings (SSSR count). The average molecular weight is 810 g/mol. The number of nitrogens with one attached hydrogen (secondary N) is 2. The molecule has 0 radical (unpaired) electrons. The maximum absolute atomic E-state index is 10.7. The lowest BCUT2D eigenvalue weighted by Crippen LogP contribution is -2.42. The van der Waals surface area contributed by atoms with E-state index in [4.69, 9.17) is 9.83 Å². The van der Waals surface area contributed by atoms with Gasteiger partial charge in [-0.3, -0.25) is 10.4 Å². The SMILES string of the molecule is C/C(=N\C(NC(=N)C1=C(O)C(O)=C(O)C(O)C1O)c1cccc2c1oc1cc(-c3ccc(-c4ccc(-c5ccccc5)cc4)cc3)ccc12)C1=C(O)C(O)C(O)C(O)=C1O. The van der Waals surface area contributed by atoms with Gasteiger partial charge in [-0.1, -0.05) is 103 Å². The molecule has 0 spiro atoms. The number of furan rings is 1. The maximum Gasteiger partial charge on any atom is 0.199 e. The molecule has 1 heterocycles. The maximum atomic E-state index is 10.7. The fraction of sp³-hybridized carbons (Fsp3) is 0.130. The lowest BCUT2D eigenvalue weighted by molar-refractivity contribution is 0.00674. The fourth-order valence-electron chi connectivity index (χ4n) is 7.50. The van der Waals surface area contributed by atoms with Crippen LogP contribution < -0.4 is 5.32 Å². The smallest absolute Gasteiger partial charge is 0.199 e. The van der Waals surface area contributed by atoms with Crippen molar-refractivity contribution in [1.82, 2.24) is 5.32 Å². The number of aliphatic hydroxyl groups is 10. The minimum Gasteiger partial charge on any atom is -0.509 e. The Morgan fingerprint density at radius 1 is 0.567 bits per heavy atom. The summed E-state index contributed by atoms with van der Waals surface area (Å²) < 4.78 is 6.46. The first-order valence-electron chi connectivity index (χ1n) is 18.7. The molecule has 5 unspecified atom stereocenters. The van der Waals surface area contributed by atoms with E-state index in [1.165, 1.54) is 6.92 Å². The third-order valence-corrected chi connectivity index (χ3v) is 10.8. The Labute approximate surface area is 341 Å². The van der Waals surface area contributed by atoms with Crippen molar-refractivity contribution < 1.29 is 55.5 Å². The van der Waals surface area contributed by atoms with Gasteiger partial charge in [-0.25, -0.2) is 0 Å². The van der Waals surface area contributed by atoms with Gasteiger partial charge in [0.15, 0.2) is 28.8 Å². The molecule has 14 nitrogen and oxygen atoms in total. The van der Waals surface area contributed by atoms with Gasteiger partial charge in [0.2, 0.25) is 0 Å². The Kier molecular flexibility index (Phi) is 10.1. The van der Waals surface area contributed by atoms with Gasteiger partial charge < -0.3 is 60.8 Å². The normalized spacial score (nSPS) is 20.6. The van der Waals surface area contributed by atoms with Gasteiger partial charge in [-0.05, 0) is 52.4 Å². The average Bonchev–Trinajstić information content (AvgIpc) is 3.65. The number of allylic oxidation sites excluding steroid dienone is 1. The Bertz CT molecular complexity index is 2840. The molecule has 12 N–H and O–H groups in total. The van der Waals surface area contributed by atoms with Crippen molar-refractivity contribution in [2.75, 3.05) is 0 Å². The first kappa shape index (κ1) is 39.5. The highest BCUT2D eigenvalue weighted by Crippen LogP contribution is 2.38. The molecule has 5 atom stereocenters. The number of benzene rings is 5. The number of para-hydroxylation sites is 1. The third-order valence-electron chi connectivity index (χ3n) is 10.8. The summed E-state index contributed by atoms with van der Waals surface area (Å²) in [7, 11) is 0. The van der Waals surface area contributed by atoms with Gasteiger partial charge in [-0.15, -0.1) is 0 Å². The topological polar surface area (TPSA) is 264 Å². The molecular formula is C46H39N3O11. The van der Waals surface area contributed by atoms with Crippen molar-refractivity contribution in [3.8, 4) is 33.4 Å². The van der Waals surface area contributed by atoms with Crippen LogP contribution in [-0.2, 0) is 0 Å². The van der Waals surface area contributed by atoms with Gasteiger partial charge in [0.05, 0.1) is 11.1 Å². The summed E-state index contributed by atoms with van der Waals surface area (Å²) in [5.41, 5.74) is 5.68. The summed E-state index contributed by atoms with van der Waals surface area (Å²) in [4.78, 5) is 4.56. The zero-order valence-corrected chi connectivity index (χ0v) is 31.7. The van der Waals surface area contributed by atoms with Crippen LogP contribution >= 0.6 is 0 Å². The van der Waals surface area contributed by atoms with Crippen LogP contribution in [0.4, 0.5) is 0 Å². The molecule has 2 aliphatic carbocycles. The molecule has 14 heteroatoms. The van der Waals surface area contributed by atoms with Crippen LogP contribution in [0.2, 0.25) is 0 Å². The van der Waals surface area contributed by atoms with Gasteiger partial charge in [0.25, 0.3) is 0 Å².